The number of aromatic nitrogens is 3. The minimum absolute atomic E-state index is 0.248. The summed E-state index contributed by atoms with van der Waals surface area (Å²) in [7, 11) is 0. The van der Waals surface area contributed by atoms with E-state index >= 15 is 0 Å². The summed E-state index contributed by atoms with van der Waals surface area (Å²) in [6, 6.07) is 3.27. The number of rotatable bonds is 0. The van der Waals surface area contributed by atoms with Crippen LogP contribution in [0.2, 0.25) is 0 Å². The number of nitrogens with zero attached hydrogens (tertiary/aromatic N) is 2. The molecular weight excluding hydrogens is 232 g/mol. The van der Waals surface area contributed by atoms with Crippen molar-refractivity contribution in [3.63, 3.8) is 0 Å². The molecule has 1 saturated heterocycles. The fraction of sp³-hybridized carbons (Fsp3) is 0.500. The van der Waals surface area contributed by atoms with Crippen molar-refractivity contribution in [2.24, 2.45) is 5.92 Å². The van der Waals surface area contributed by atoms with E-state index in [4.69, 9.17) is 5.21 Å². The molecular formula is C12H18N4O2. The lowest BCUT2D eigenvalue weighted by molar-refractivity contribution is 0.186. The molecule has 0 unspecified atom stereocenters. The summed E-state index contributed by atoms with van der Waals surface area (Å²) in [5, 5.41) is 12.4. The Bertz CT molecular complexity index is 513. The summed E-state index contributed by atoms with van der Waals surface area (Å²) in [4.78, 5) is 16.6. The largest absolute Gasteiger partial charge is 0.427 e. The Morgan fingerprint density at radius 3 is 2.72 bits per heavy atom. The molecule has 0 amide bonds. The number of piperidine rings is 1. The summed E-state index contributed by atoms with van der Waals surface area (Å²) >= 11 is 0. The van der Waals surface area contributed by atoms with Gasteiger partial charge >= 0.3 is 5.69 Å². The highest BCUT2D eigenvalue weighted by Gasteiger charge is 2.08. The molecule has 3 rings (SSSR count). The minimum atomic E-state index is -0.450. The highest BCUT2D eigenvalue weighted by molar-refractivity contribution is 5.49. The summed E-state index contributed by atoms with van der Waals surface area (Å²) in [6.45, 7) is 4.79. The normalized spacial score (nSPS) is 16.3. The SMILES string of the molecule is CC1CCNCC1.O=c1nc2n(O)cccc-2[nH]1. The second-order valence-electron chi connectivity index (χ2n) is 4.56. The third-order valence-corrected chi connectivity index (χ3v) is 3.02. The summed E-state index contributed by atoms with van der Waals surface area (Å²) < 4.78 is 0.799. The summed E-state index contributed by atoms with van der Waals surface area (Å²) in [6.07, 6.45) is 4.16. The number of H-pyrrole nitrogens is 1. The van der Waals surface area contributed by atoms with Crippen LogP contribution in [0.25, 0.3) is 11.5 Å². The van der Waals surface area contributed by atoms with Crippen LogP contribution in [0.4, 0.5) is 0 Å². The number of hydrogen-bond acceptors (Lipinski definition) is 4. The predicted molar refractivity (Wildman–Crippen MR) is 67.9 cm³/mol. The molecule has 0 aliphatic carbocycles. The molecule has 3 aliphatic heterocycles. The fourth-order valence-electron chi connectivity index (χ4n) is 1.90. The maximum absolute atomic E-state index is 10.6. The van der Waals surface area contributed by atoms with E-state index in [0.717, 1.165) is 10.6 Å². The molecule has 3 N–H and O–H groups in total. The lowest BCUT2D eigenvalue weighted by Crippen LogP contribution is -2.26. The topological polar surface area (TPSA) is 82.9 Å². The van der Waals surface area contributed by atoms with Crippen LogP contribution >= 0.6 is 0 Å². The Kier molecular flexibility index (Phi) is 3.99. The minimum Gasteiger partial charge on any atom is -0.427 e. The average molecular weight is 250 g/mol. The number of nitrogens with one attached hydrogen (secondary N) is 2. The molecule has 18 heavy (non-hydrogen) atoms. The number of aromatic amines is 1. The van der Waals surface area contributed by atoms with Crippen LogP contribution < -0.4 is 11.0 Å². The van der Waals surface area contributed by atoms with Gasteiger partial charge in [-0.25, -0.2) is 4.79 Å². The predicted octanol–water partition coefficient (Wildman–Crippen LogP) is 0.919. The van der Waals surface area contributed by atoms with Crippen LogP contribution in [0.1, 0.15) is 19.8 Å². The zero-order valence-electron chi connectivity index (χ0n) is 10.4. The number of fused-ring (bicyclic) bond motifs is 1. The first-order valence-corrected chi connectivity index (χ1v) is 6.14. The van der Waals surface area contributed by atoms with Crippen molar-refractivity contribution in [2.75, 3.05) is 13.1 Å². The Morgan fingerprint density at radius 1 is 1.44 bits per heavy atom. The monoisotopic (exact) mass is 250 g/mol. The Labute approximate surface area is 105 Å². The van der Waals surface area contributed by atoms with E-state index in [9.17, 15) is 4.79 Å². The molecule has 0 saturated carbocycles. The molecule has 0 aromatic heterocycles. The third kappa shape index (κ3) is 3.10. The molecule has 98 valence electrons. The van der Waals surface area contributed by atoms with Gasteiger partial charge in [0.05, 0.1) is 5.69 Å². The zero-order chi connectivity index (χ0) is 13.0. The highest BCUT2D eigenvalue weighted by atomic mass is 16.5. The molecule has 1 fully saturated rings. The van der Waals surface area contributed by atoms with Crippen molar-refractivity contribution in [1.29, 1.82) is 0 Å². The van der Waals surface area contributed by atoms with Crippen LogP contribution in [-0.2, 0) is 0 Å². The first kappa shape index (κ1) is 12.6. The fourth-order valence-corrected chi connectivity index (χ4v) is 1.90. The Morgan fingerprint density at radius 2 is 2.17 bits per heavy atom. The van der Waals surface area contributed by atoms with Crippen molar-refractivity contribution < 1.29 is 5.21 Å². The van der Waals surface area contributed by atoms with Gasteiger partial charge in [-0.15, -0.1) is 0 Å². The van der Waals surface area contributed by atoms with E-state index in [1.165, 1.54) is 32.1 Å². The summed E-state index contributed by atoms with van der Waals surface area (Å²) in [5.41, 5.74) is 0.0778. The lowest BCUT2D eigenvalue weighted by Gasteiger charge is -2.17. The van der Waals surface area contributed by atoms with Gasteiger partial charge in [0.2, 0.25) is 0 Å². The maximum Gasteiger partial charge on any atom is 0.347 e. The molecule has 3 heterocycles. The van der Waals surface area contributed by atoms with E-state index in [-0.39, 0.29) is 5.82 Å². The van der Waals surface area contributed by atoms with E-state index in [1.54, 1.807) is 12.1 Å². The Balaban J connectivity index is 0.000000149. The van der Waals surface area contributed by atoms with Gasteiger partial charge in [0.25, 0.3) is 0 Å². The molecule has 0 radical (unpaired) electrons. The highest BCUT2D eigenvalue weighted by Crippen LogP contribution is 2.11. The van der Waals surface area contributed by atoms with Gasteiger partial charge in [-0.3, -0.25) is 0 Å². The molecule has 0 aromatic rings. The zero-order valence-corrected chi connectivity index (χ0v) is 10.4. The summed E-state index contributed by atoms with van der Waals surface area (Å²) in [5.74, 6) is 1.22. The van der Waals surface area contributed by atoms with Gasteiger partial charge in [-0.1, -0.05) is 6.92 Å². The van der Waals surface area contributed by atoms with Gasteiger partial charge in [0, 0.05) is 6.20 Å². The molecule has 6 heteroatoms. The van der Waals surface area contributed by atoms with Crippen molar-refractivity contribution >= 4 is 0 Å². The first-order chi connectivity index (χ1) is 8.66. The van der Waals surface area contributed by atoms with Gasteiger partial charge in [0.1, 0.15) is 0 Å². The van der Waals surface area contributed by atoms with Gasteiger partial charge in [0.15, 0.2) is 5.82 Å². The average Bonchev–Trinajstić information content (AvgIpc) is 2.73. The maximum atomic E-state index is 10.6. The van der Waals surface area contributed by atoms with Crippen LogP contribution in [-0.4, -0.2) is 33.0 Å². The molecule has 0 atom stereocenters. The van der Waals surface area contributed by atoms with Crippen molar-refractivity contribution in [3.05, 3.63) is 28.8 Å². The number of imidazole rings is 1. The quantitative estimate of drug-likeness (QED) is 0.607. The Hall–Kier alpha value is -1.82. The van der Waals surface area contributed by atoms with Crippen LogP contribution in [0.15, 0.2) is 23.1 Å². The van der Waals surface area contributed by atoms with E-state index in [2.05, 4.69) is 22.2 Å². The van der Waals surface area contributed by atoms with Crippen molar-refractivity contribution in [2.45, 2.75) is 19.8 Å². The molecule has 6 nitrogen and oxygen atoms in total. The molecule has 0 spiro atoms. The van der Waals surface area contributed by atoms with E-state index < -0.39 is 5.69 Å². The standard InChI is InChI=1S/C6H5N3O2.C6H13N/c10-6-7-4-2-1-3-9(11)5(4)8-6;1-6-2-4-7-5-3-6/h1-3,11H,(H,7,10);6-7H,2-5H2,1H3. The van der Waals surface area contributed by atoms with Gasteiger partial charge in [-0.05, 0) is 44.0 Å². The van der Waals surface area contributed by atoms with Crippen LogP contribution in [0, 0.1) is 5.92 Å². The van der Waals surface area contributed by atoms with Gasteiger partial charge < -0.3 is 15.5 Å². The second-order valence-corrected chi connectivity index (χ2v) is 4.56. The van der Waals surface area contributed by atoms with Gasteiger partial charge in [-0.2, -0.15) is 9.71 Å². The number of pyridine rings is 1. The smallest absolute Gasteiger partial charge is 0.347 e. The number of hydrogen-bond donors (Lipinski definition) is 3. The van der Waals surface area contributed by atoms with Crippen molar-refractivity contribution in [3.8, 4) is 11.5 Å². The van der Waals surface area contributed by atoms with Crippen LogP contribution in [0.5, 0.6) is 0 Å². The molecule has 3 aliphatic rings. The van der Waals surface area contributed by atoms with Crippen molar-refractivity contribution in [1.82, 2.24) is 20.0 Å². The van der Waals surface area contributed by atoms with E-state index in [1.807, 2.05) is 0 Å². The first-order valence-electron chi connectivity index (χ1n) is 6.14. The third-order valence-electron chi connectivity index (χ3n) is 3.02. The second kappa shape index (κ2) is 5.68. The lowest BCUT2D eigenvalue weighted by atomic mass is 10.0. The molecule has 0 bridgehead atoms. The van der Waals surface area contributed by atoms with E-state index in [0.29, 0.717) is 5.69 Å². The van der Waals surface area contributed by atoms with Crippen LogP contribution in [0.3, 0.4) is 0 Å². The molecule has 0 aromatic carbocycles.